The summed E-state index contributed by atoms with van der Waals surface area (Å²) in [6.45, 7) is 5.19. The first kappa shape index (κ1) is 21.1. The minimum Gasteiger partial charge on any atom is -0.287 e. The first-order chi connectivity index (χ1) is 14.2. The minimum absolute atomic E-state index is 0.000667. The van der Waals surface area contributed by atoms with Gasteiger partial charge in [0, 0.05) is 17.3 Å². The molecule has 2 aromatic heterocycles. The van der Waals surface area contributed by atoms with E-state index in [0.29, 0.717) is 16.8 Å². The highest BCUT2D eigenvalue weighted by atomic mass is 35.5. The number of aromatic nitrogens is 4. The number of H-pyrrole nitrogens is 1. The first-order valence-electron chi connectivity index (χ1n) is 9.12. The second-order valence-electron chi connectivity index (χ2n) is 7.11. The van der Waals surface area contributed by atoms with Gasteiger partial charge in [0.25, 0.3) is 5.56 Å². The summed E-state index contributed by atoms with van der Waals surface area (Å²) in [4.78, 5) is 48.9. The molecule has 0 amide bonds. The Morgan fingerprint density at radius 1 is 1.30 bits per heavy atom. The molecular weight excluding hydrogens is 406 g/mol. The Hall–Kier alpha value is -3.57. The first-order valence-corrected chi connectivity index (χ1v) is 9.50. The Balaban J connectivity index is 2.29. The van der Waals surface area contributed by atoms with E-state index < -0.39 is 17.0 Å². The van der Waals surface area contributed by atoms with Gasteiger partial charge in [0.05, 0.1) is 23.9 Å². The van der Waals surface area contributed by atoms with Gasteiger partial charge >= 0.3 is 5.69 Å². The van der Waals surface area contributed by atoms with Crippen LogP contribution in [-0.2, 0) is 6.54 Å². The lowest BCUT2D eigenvalue weighted by Gasteiger charge is -2.17. The summed E-state index contributed by atoms with van der Waals surface area (Å²) >= 11 is 5.84. The van der Waals surface area contributed by atoms with Crippen LogP contribution in [0.25, 0.3) is 0 Å². The Morgan fingerprint density at radius 3 is 2.67 bits per heavy atom. The van der Waals surface area contributed by atoms with Crippen molar-refractivity contribution in [1.29, 1.82) is 5.26 Å². The normalized spacial score (nSPS) is 10.8. The molecule has 0 spiro atoms. The molecule has 1 N–H and O–H groups in total. The van der Waals surface area contributed by atoms with Gasteiger partial charge in [-0.1, -0.05) is 13.8 Å². The summed E-state index contributed by atoms with van der Waals surface area (Å²) in [7, 11) is 0. The van der Waals surface area contributed by atoms with Crippen LogP contribution in [0.5, 0.6) is 0 Å². The lowest BCUT2D eigenvalue weighted by atomic mass is 9.95. The summed E-state index contributed by atoms with van der Waals surface area (Å²) < 4.78 is 1.17. The van der Waals surface area contributed by atoms with Gasteiger partial charge in [-0.2, -0.15) is 5.26 Å². The van der Waals surface area contributed by atoms with E-state index in [-0.39, 0.29) is 34.6 Å². The number of ketones is 1. The number of nitrogens with zero attached hydrogens (tertiary/aromatic N) is 4. The third-order valence-electron chi connectivity index (χ3n) is 4.50. The number of hydrogen-bond acceptors (Lipinski definition) is 6. The number of carbonyl (C=O) groups excluding carboxylic acids is 1. The zero-order valence-corrected chi connectivity index (χ0v) is 17.3. The van der Waals surface area contributed by atoms with E-state index in [4.69, 9.17) is 11.6 Å². The number of aryl methyl sites for hydroxylation is 1. The van der Waals surface area contributed by atoms with Crippen molar-refractivity contribution in [2.75, 3.05) is 0 Å². The van der Waals surface area contributed by atoms with Gasteiger partial charge in [0.15, 0.2) is 0 Å². The van der Waals surface area contributed by atoms with Crippen LogP contribution in [0.15, 0.2) is 40.1 Å². The number of halogens is 1. The van der Waals surface area contributed by atoms with Crippen molar-refractivity contribution in [3.05, 3.63) is 90.2 Å². The van der Waals surface area contributed by atoms with Crippen molar-refractivity contribution in [3.63, 3.8) is 0 Å². The zero-order valence-electron chi connectivity index (χ0n) is 16.6. The number of nitriles is 1. The maximum absolute atomic E-state index is 13.5. The molecule has 0 aliphatic rings. The molecule has 0 fully saturated rings. The molecule has 3 rings (SSSR count). The van der Waals surface area contributed by atoms with E-state index in [1.807, 2.05) is 6.07 Å². The van der Waals surface area contributed by atoms with E-state index in [1.54, 1.807) is 39.0 Å². The van der Waals surface area contributed by atoms with E-state index in [2.05, 4.69) is 15.0 Å². The van der Waals surface area contributed by atoms with Gasteiger partial charge in [-0.15, -0.1) is 0 Å². The van der Waals surface area contributed by atoms with Crippen LogP contribution >= 0.6 is 11.6 Å². The lowest BCUT2D eigenvalue weighted by Crippen LogP contribution is -2.38. The van der Waals surface area contributed by atoms with Crippen molar-refractivity contribution in [1.82, 2.24) is 19.5 Å². The fourth-order valence-electron chi connectivity index (χ4n) is 3.25. The maximum atomic E-state index is 13.5. The largest absolute Gasteiger partial charge is 0.329 e. The molecule has 30 heavy (non-hydrogen) atoms. The molecule has 2 heterocycles. The highest BCUT2D eigenvalue weighted by molar-refractivity contribution is 6.28. The summed E-state index contributed by atoms with van der Waals surface area (Å²) in [5.41, 5.74) is 0.417. The monoisotopic (exact) mass is 423 g/mol. The predicted octanol–water partition coefficient (Wildman–Crippen LogP) is 2.56. The summed E-state index contributed by atoms with van der Waals surface area (Å²) in [5, 5.41) is 9.25. The number of aromatic amines is 1. The molecular formula is C21H18ClN5O3. The standard InChI is InChI=1S/C21H18ClN5O3/c1-11(2)16-17(18(28)14-7-12(3)6-13(8-14)9-23)27(21(30)26-19(16)29)10-15-4-5-24-20(22)25-15/h4-8,11H,10H2,1-3H3,(H,26,29,30). The van der Waals surface area contributed by atoms with Gasteiger partial charge in [0.2, 0.25) is 11.1 Å². The molecule has 0 radical (unpaired) electrons. The Labute approximate surface area is 176 Å². The zero-order chi connectivity index (χ0) is 22.0. The van der Waals surface area contributed by atoms with Gasteiger partial charge in [-0.3, -0.25) is 19.1 Å². The second kappa shape index (κ2) is 8.43. The van der Waals surface area contributed by atoms with Crippen LogP contribution < -0.4 is 11.2 Å². The fraction of sp³-hybridized carbons (Fsp3) is 0.238. The highest BCUT2D eigenvalue weighted by Gasteiger charge is 2.25. The summed E-state index contributed by atoms with van der Waals surface area (Å²) in [5.74, 6) is -0.865. The molecule has 1 aromatic carbocycles. The SMILES string of the molecule is Cc1cc(C#N)cc(C(=O)c2c(C(C)C)c(=O)[nH]c(=O)n2Cc2ccnc(Cl)n2)c1. The molecule has 0 aliphatic heterocycles. The molecule has 9 heteroatoms. The van der Waals surface area contributed by atoms with Crippen LogP contribution in [0.4, 0.5) is 0 Å². The topological polar surface area (TPSA) is 122 Å². The molecule has 0 atom stereocenters. The van der Waals surface area contributed by atoms with E-state index >= 15 is 0 Å². The highest BCUT2D eigenvalue weighted by Crippen LogP contribution is 2.20. The van der Waals surface area contributed by atoms with Crippen LogP contribution in [0.2, 0.25) is 5.28 Å². The average molecular weight is 424 g/mol. The fourth-order valence-corrected chi connectivity index (χ4v) is 3.42. The lowest BCUT2D eigenvalue weighted by molar-refractivity contribution is 0.102. The van der Waals surface area contributed by atoms with Gasteiger partial charge in [0.1, 0.15) is 5.69 Å². The third-order valence-corrected chi connectivity index (χ3v) is 4.68. The van der Waals surface area contributed by atoms with Crippen LogP contribution in [0.1, 0.15) is 58.2 Å². The summed E-state index contributed by atoms with van der Waals surface area (Å²) in [6.07, 6.45) is 1.44. The van der Waals surface area contributed by atoms with E-state index in [9.17, 15) is 19.6 Å². The molecule has 3 aromatic rings. The second-order valence-corrected chi connectivity index (χ2v) is 7.45. The Kier molecular flexibility index (Phi) is 5.94. The van der Waals surface area contributed by atoms with E-state index in [1.165, 1.54) is 16.8 Å². The Morgan fingerprint density at radius 2 is 2.03 bits per heavy atom. The van der Waals surface area contributed by atoms with Crippen molar-refractivity contribution in [3.8, 4) is 6.07 Å². The molecule has 8 nitrogen and oxygen atoms in total. The van der Waals surface area contributed by atoms with Crippen LogP contribution in [-0.4, -0.2) is 25.3 Å². The molecule has 152 valence electrons. The molecule has 0 saturated carbocycles. The van der Waals surface area contributed by atoms with Crippen LogP contribution in [0.3, 0.4) is 0 Å². The van der Waals surface area contributed by atoms with Crippen molar-refractivity contribution < 1.29 is 4.79 Å². The van der Waals surface area contributed by atoms with Gasteiger partial charge < -0.3 is 0 Å². The maximum Gasteiger partial charge on any atom is 0.329 e. The smallest absolute Gasteiger partial charge is 0.287 e. The number of rotatable bonds is 5. The van der Waals surface area contributed by atoms with Gasteiger partial charge in [-0.25, -0.2) is 14.8 Å². The molecule has 0 aliphatic carbocycles. The van der Waals surface area contributed by atoms with Crippen LogP contribution in [0, 0.1) is 18.3 Å². The number of carbonyl (C=O) groups is 1. The Bertz CT molecular complexity index is 1300. The summed E-state index contributed by atoms with van der Waals surface area (Å²) in [6, 6.07) is 8.28. The van der Waals surface area contributed by atoms with Gasteiger partial charge in [-0.05, 0) is 54.3 Å². The average Bonchev–Trinajstić information content (AvgIpc) is 2.68. The third kappa shape index (κ3) is 4.21. The molecule has 0 saturated heterocycles. The minimum atomic E-state index is -0.740. The molecule has 0 unspecified atom stereocenters. The predicted molar refractivity (Wildman–Crippen MR) is 111 cm³/mol. The number of benzene rings is 1. The van der Waals surface area contributed by atoms with Crippen molar-refractivity contribution in [2.45, 2.75) is 33.2 Å². The van der Waals surface area contributed by atoms with Crippen molar-refractivity contribution in [2.24, 2.45) is 0 Å². The quantitative estimate of drug-likeness (QED) is 0.497. The van der Waals surface area contributed by atoms with E-state index in [0.717, 1.165) is 0 Å². The number of hydrogen-bond donors (Lipinski definition) is 1. The number of nitrogens with one attached hydrogen (secondary N) is 1. The molecule has 0 bridgehead atoms. The van der Waals surface area contributed by atoms with Crippen molar-refractivity contribution >= 4 is 17.4 Å².